The third-order valence-electron chi connectivity index (χ3n) is 4.90. The molecule has 4 rings (SSSR count). The Morgan fingerprint density at radius 1 is 1.03 bits per heavy atom. The number of amides is 2. The molecule has 0 N–H and O–H groups in total. The highest BCUT2D eigenvalue weighted by Gasteiger charge is 2.35. The largest absolute Gasteiger partial charge is 0.493 e. The first-order valence-electron chi connectivity index (χ1n) is 9.98. The predicted octanol–water partition coefficient (Wildman–Crippen LogP) is 6.88. The summed E-state index contributed by atoms with van der Waals surface area (Å²) in [6.07, 6.45) is 1.72. The van der Waals surface area contributed by atoms with E-state index >= 15 is 0 Å². The van der Waals surface area contributed by atoms with Crippen molar-refractivity contribution < 1.29 is 19.1 Å². The molecule has 1 fully saturated rings. The van der Waals surface area contributed by atoms with Crippen LogP contribution in [0.2, 0.25) is 0 Å². The molecule has 1 heterocycles. The molecule has 1 aliphatic rings. The van der Waals surface area contributed by atoms with Gasteiger partial charge in [-0.1, -0.05) is 58.4 Å². The molecule has 1 aliphatic heterocycles. The minimum absolute atomic E-state index is 0.238. The molecule has 3 aromatic rings. The summed E-state index contributed by atoms with van der Waals surface area (Å²) in [6, 6.07) is 21.2. The van der Waals surface area contributed by atoms with Gasteiger partial charge >= 0.3 is 0 Å². The number of rotatable bonds is 7. The van der Waals surface area contributed by atoms with Crippen molar-refractivity contribution in [1.29, 1.82) is 0 Å². The third-order valence-corrected chi connectivity index (χ3v) is 7.14. The van der Waals surface area contributed by atoms with E-state index in [4.69, 9.17) is 9.47 Å². The average Bonchev–Trinajstić information content (AvgIpc) is 3.07. The van der Waals surface area contributed by atoms with Crippen LogP contribution in [0.4, 0.5) is 4.79 Å². The topological polar surface area (TPSA) is 55.8 Å². The minimum atomic E-state index is -0.300. The molecule has 0 atom stereocenters. The van der Waals surface area contributed by atoms with Crippen LogP contribution in [-0.2, 0) is 17.9 Å². The van der Waals surface area contributed by atoms with Crippen molar-refractivity contribution in [3.63, 3.8) is 0 Å². The summed E-state index contributed by atoms with van der Waals surface area (Å²) >= 11 is 6.53. The molecule has 0 radical (unpaired) electrons. The van der Waals surface area contributed by atoms with Crippen molar-refractivity contribution in [2.24, 2.45) is 0 Å². The number of thioether (sulfide) groups is 1. The van der Waals surface area contributed by atoms with Gasteiger partial charge in [0.15, 0.2) is 11.5 Å². The van der Waals surface area contributed by atoms with Gasteiger partial charge in [-0.05, 0) is 81.4 Å². The predicted molar refractivity (Wildman–Crippen MR) is 142 cm³/mol. The van der Waals surface area contributed by atoms with Gasteiger partial charge in [0.1, 0.15) is 6.61 Å². The highest BCUT2D eigenvalue weighted by molar-refractivity contribution is 14.1. The van der Waals surface area contributed by atoms with Crippen LogP contribution >= 0.6 is 50.3 Å². The number of benzene rings is 3. The molecule has 168 valence electrons. The van der Waals surface area contributed by atoms with Gasteiger partial charge < -0.3 is 9.47 Å². The molecule has 0 aromatic heterocycles. The number of ether oxygens (including phenoxy) is 2. The second kappa shape index (κ2) is 10.8. The number of nitrogens with zero attached hydrogens (tertiary/aromatic N) is 1. The van der Waals surface area contributed by atoms with Crippen molar-refractivity contribution in [1.82, 2.24) is 4.90 Å². The van der Waals surface area contributed by atoms with Gasteiger partial charge in [0.05, 0.1) is 22.1 Å². The fraction of sp³-hybridized carbons (Fsp3) is 0.120. The standard InChI is InChI=1S/C25H19BrINO4S/c1-31-21-12-18(11-20(27)23(21)32-15-17-5-3-2-4-6-17)13-22-24(29)28(25(30)33-22)14-16-7-9-19(26)10-8-16/h2-13H,14-15H2,1H3/b22-13-. The van der Waals surface area contributed by atoms with E-state index in [1.807, 2.05) is 66.7 Å². The van der Waals surface area contributed by atoms with Gasteiger partial charge in [0.25, 0.3) is 11.1 Å². The lowest BCUT2D eigenvalue weighted by molar-refractivity contribution is -0.123. The number of hydrogen-bond donors (Lipinski definition) is 0. The Kier molecular flexibility index (Phi) is 7.77. The maximum Gasteiger partial charge on any atom is 0.293 e. The Morgan fingerprint density at radius 3 is 2.45 bits per heavy atom. The monoisotopic (exact) mass is 635 g/mol. The molecule has 33 heavy (non-hydrogen) atoms. The lowest BCUT2D eigenvalue weighted by Gasteiger charge is -2.14. The second-order valence-corrected chi connectivity index (χ2v) is 10.3. The van der Waals surface area contributed by atoms with Crippen LogP contribution in [-0.4, -0.2) is 23.2 Å². The molecule has 0 spiro atoms. The lowest BCUT2D eigenvalue weighted by atomic mass is 10.1. The van der Waals surface area contributed by atoms with E-state index in [0.29, 0.717) is 23.0 Å². The van der Waals surface area contributed by atoms with Crippen LogP contribution in [0, 0.1) is 3.57 Å². The Hall–Kier alpha value is -2.30. The Bertz CT molecular complexity index is 1220. The van der Waals surface area contributed by atoms with Crippen molar-refractivity contribution in [3.05, 3.63) is 96.4 Å². The number of imide groups is 1. The summed E-state index contributed by atoms with van der Waals surface area (Å²) in [7, 11) is 1.58. The molecular formula is C25H19BrINO4S. The molecular weight excluding hydrogens is 617 g/mol. The third kappa shape index (κ3) is 5.80. The Morgan fingerprint density at radius 2 is 1.76 bits per heavy atom. The molecule has 3 aromatic carbocycles. The molecule has 0 bridgehead atoms. The van der Waals surface area contributed by atoms with Crippen LogP contribution < -0.4 is 9.47 Å². The molecule has 5 nitrogen and oxygen atoms in total. The van der Waals surface area contributed by atoms with E-state index in [2.05, 4.69) is 38.5 Å². The summed E-state index contributed by atoms with van der Waals surface area (Å²) < 4.78 is 13.3. The molecule has 2 amide bonds. The maximum absolute atomic E-state index is 12.9. The molecule has 0 saturated carbocycles. The zero-order valence-electron chi connectivity index (χ0n) is 17.6. The highest BCUT2D eigenvalue weighted by Crippen LogP contribution is 2.38. The lowest BCUT2D eigenvalue weighted by Crippen LogP contribution is -2.27. The maximum atomic E-state index is 12.9. The quantitative estimate of drug-likeness (QED) is 0.209. The summed E-state index contributed by atoms with van der Waals surface area (Å²) in [5, 5.41) is -0.279. The van der Waals surface area contributed by atoms with Gasteiger partial charge in [-0.25, -0.2) is 0 Å². The van der Waals surface area contributed by atoms with E-state index in [9.17, 15) is 9.59 Å². The van der Waals surface area contributed by atoms with Crippen molar-refractivity contribution in [2.45, 2.75) is 13.2 Å². The van der Waals surface area contributed by atoms with Crippen molar-refractivity contribution in [3.8, 4) is 11.5 Å². The average molecular weight is 636 g/mol. The first kappa shape index (κ1) is 23.8. The highest BCUT2D eigenvalue weighted by atomic mass is 127. The minimum Gasteiger partial charge on any atom is -0.493 e. The van der Waals surface area contributed by atoms with E-state index < -0.39 is 0 Å². The van der Waals surface area contributed by atoms with Gasteiger partial charge in [-0.2, -0.15) is 0 Å². The zero-order chi connectivity index (χ0) is 23.4. The van der Waals surface area contributed by atoms with Gasteiger partial charge in [0.2, 0.25) is 0 Å². The van der Waals surface area contributed by atoms with E-state index in [0.717, 1.165) is 36.5 Å². The fourth-order valence-corrected chi connectivity index (χ4v) is 5.14. The number of carbonyl (C=O) groups excluding carboxylic acids is 2. The normalized spacial score (nSPS) is 14.8. The Labute approximate surface area is 218 Å². The van der Waals surface area contributed by atoms with Crippen LogP contribution in [0.5, 0.6) is 11.5 Å². The van der Waals surface area contributed by atoms with Crippen LogP contribution in [0.1, 0.15) is 16.7 Å². The zero-order valence-corrected chi connectivity index (χ0v) is 22.1. The fourth-order valence-electron chi connectivity index (χ4n) is 3.25. The molecule has 0 unspecified atom stereocenters. The first-order valence-corrected chi connectivity index (χ1v) is 12.7. The number of carbonyl (C=O) groups is 2. The summed E-state index contributed by atoms with van der Waals surface area (Å²) in [5.74, 6) is 0.909. The van der Waals surface area contributed by atoms with E-state index in [1.165, 1.54) is 4.90 Å². The van der Waals surface area contributed by atoms with E-state index in [-0.39, 0.29) is 17.7 Å². The number of methoxy groups -OCH3 is 1. The number of hydrogen-bond acceptors (Lipinski definition) is 5. The first-order chi connectivity index (χ1) is 15.9. The molecule has 8 heteroatoms. The van der Waals surface area contributed by atoms with Crippen LogP contribution in [0.15, 0.2) is 76.1 Å². The molecule has 0 aliphatic carbocycles. The summed E-state index contributed by atoms with van der Waals surface area (Å²) in [6.45, 7) is 0.657. The smallest absolute Gasteiger partial charge is 0.293 e. The van der Waals surface area contributed by atoms with Gasteiger partial charge in [0, 0.05) is 4.47 Å². The van der Waals surface area contributed by atoms with Crippen LogP contribution in [0.25, 0.3) is 6.08 Å². The van der Waals surface area contributed by atoms with Gasteiger partial charge in [-0.15, -0.1) is 0 Å². The SMILES string of the molecule is COc1cc(/C=C2\SC(=O)N(Cc3ccc(Br)cc3)C2=O)cc(I)c1OCc1ccccc1. The second-order valence-electron chi connectivity index (χ2n) is 7.20. The van der Waals surface area contributed by atoms with Crippen molar-refractivity contribution in [2.75, 3.05) is 7.11 Å². The Balaban J connectivity index is 1.53. The molecule has 1 saturated heterocycles. The van der Waals surface area contributed by atoms with Gasteiger partial charge in [-0.3, -0.25) is 14.5 Å². The summed E-state index contributed by atoms with van der Waals surface area (Å²) in [4.78, 5) is 27.0. The van der Waals surface area contributed by atoms with Crippen molar-refractivity contribution >= 4 is 67.5 Å². The summed E-state index contributed by atoms with van der Waals surface area (Å²) in [5.41, 5.74) is 2.70. The van der Waals surface area contributed by atoms with E-state index in [1.54, 1.807) is 13.2 Å². The van der Waals surface area contributed by atoms with Crippen LogP contribution in [0.3, 0.4) is 0 Å². The number of halogens is 2.